The van der Waals surface area contributed by atoms with Gasteiger partial charge in [0.05, 0.1) is 12.8 Å². The number of aliphatic carboxylic acids is 1. The molecule has 2 amide bonds. The molecule has 0 spiro atoms. The minimum atomic E-state index is -1.08. The van der Waals surface area contributed by atoms with Crippen molar-refractivity contribution in [2.45, 2.75) is 25.0 Å². The maximum atomic E-state index is 12.3. The molecule has 0 bridgehead atoms. The summed E-state index contributed by atoms with van der Waals surface area (Å²) in [6.07, 6.45) is -1.21. The zero-order valence-electron chi connectivity index (χ0n) is 13.7. The van der Waals surface area contributed by atoms with E-state index in [0.29, 0.717) is 23.4 Å². The summed E-state index contributed by atoms with van der Waals surface area (Å²) in [5.74, 6) is -1.37. The van der Waals surface area contributed by atoms with Gasteiger partial charge in [-0.3, -0.25) is 9.59 Å². The summed E-state index contributed by atoms with van der Waals surface area (Å²) in [7, 11) is 4.71. The van der Waals surface area contributed by atoms with Gasteiger partial charge in [-0.05, 0) is 31.0 Å². The van der Waals surface area contributed by atoms with Crippen molar-refractivity contribution in [3.63, 3.8) is 0 Å². The molecule has 1 saturated heterocycles. The maximum Gasteiger partial charge on any atom is 0.332 e. The summed E-state index contributed by atoms with van der Waals surface area (Å²) in [5, 5.41) is 11.6. The van der Waals surface area contributed by atoms with Crippen LogP contribution in [0, 0.1) is 0 Å². The van der Waals surface area contributed by atoms with E-state index < -0.39 is 24.1 Å². The summed E-state index contributed by atoms with van der Waals surface area (Å²) in [6, 6.07) is 4.70. The molecular formula is C16H20N2O6. The van der Waals surface area contributed by atoms with Gasteiger partial charge in [0.2, 0.25) is 0 Å². The summed E-state index contributed by atoms with van der Waals surface area (Å²) in [4.78, 5) is 36.6. The lowest BCUT2D eigenvalue weighted by molar-refractivity contribution is -0.150. The van der Waals surface area contributed by atoms with Crippen LogP contribution in [0.15, 0.2) is 18.2 Å². The zero-order chi connectivity index (χ0) is 17.9. The molecular weight excluding hydrogens is 316 g/mol. The normalized spacial score (nSPS) is 19.6. The Bertz CT molecular complexity index is 658. The van der Waals surface area contributed by atoms with Gasteiger partial charge in [0.15, 0.2) is 6.10 Å². The molecule has 1 aliphatic heterocycles. The number of carboxylic acid groups (broad SMARTS) is 1. The third-order valence-electron chi connectivity index (χ3n) is 3.70. The highest BCUT2D eigenvalue weighted by molar-refractivity contribution is 5.99. The number of hydrogen-bond acceptors (Lipinski definition) is 5. The van der Waals surface area contributed by atoms with E-state index in [1.54, 1.807) is 26.2 Å². The van der Waals surface area contributed by atoms with Crippen molar-refractivity contribution in [1.82, 2.24) is 4.90 Å². The van der Waals surface area contributed by atoms with E-state index >= 15 is 0 Å². The number of methoxy groups -OCH3 is 1. The third kappa shape index (κ3) is 3.83. The molecule has 24 heavy (non-hydrogen) atoms. The highest BCUT2D eigenvalue weighted by atomic mass is 16.5. The van der Waals surface area contributed by atoms with E-state index in [2.05, 4.69) is 5.32 Å². The van der Waals surface area contributed by atoms with Crippen LogP contribution >= 0.6 is 0 Å². The predicted molar refractivity (Wildman–Crippen MR) is 85.2 cm³/mol. The van der Waals surface area contributed by atoms with E-state index in [4.69, 9.17) is 14.6 Å². The third-order valence-corrected chi connectivity index (χ3v) is 3.70. The first-order valence-corrected chi connectivity index (χ1v) is 7.42. The van der Waals surface area contributed by atoms with Crippen molar-refractivity contribution in [3.05, 3.63) is 23.8 Å². The number of benzene rings is 1. The first kappa shape index (κ1) is 17.7. The van der Waals surface area contributed by atoms with Crippen molar-refractivity contribution < 1.29 is 29.0 Å². The fraction of sp³-hybridized carbons (Fsp3) is 0.438. The molecule has 8 heteroatoms. The largest absolute Gasteiger partial charge is 0.495 e. The van der Waals surface area contributed by atoms with Gasteiger partial charge in [-0.1, -0.05) is 0 Å². The molecule has 0 radical (unpaired) electrons. The van der Waals surface area contributed by atoms with Crippen LogP contribution in [0.3, 0.4) is 0 Å². The molecule has 2 atom stereocenters. The fourth-order valence-electron chi connectivity index (χ4n) is 2.42. The molecule has 0 aromatic heterocycles. The topological polar surface area (TPSA) is 105 Å². The lowest BCUT2D eigenvalue weighted by atomic mass is 10.1. The number of ether oxygens (including phenoxy) is 2. The second-order valence-electron chi connectivity index (χ2n) is 5.63. The Hall–Kier alpha value is -2.61. The lowest BCUT2D eigenvalue weighted by Crippen LogP contribution is -2.30. The molecule has 1 fully saturated rings. The molecule has 2 N–H and O–H groups in total. The highest BCUT2D eigenvalue weighted by Crippen LogP contribution is 2.28. The average molecular weight is 336 g/mol. The van der Waals surface area contributed by atoms with Crippen LogP contribution in [0.4, 0.5) is 5.69 Å². The Labute approximate surface area is 139 Å². The van der Waals surface area contributed by atoms with Gasteiger partial charge in [0.25, 0.3) is 11.8 Å². The van der Waals surface area contributed by atoms with Crippen molar-refractivity contribution in [3.8, 4) is 5.75 Å². The van der Waals surface area contributed by atoms with Crippen molar-refractivity contribution in [2.24, 2.45) is 0 Å². The van der Waals surface area contributed by atoms with Crippen LogP contribution in [0.25, 0.3) is 0 Å². The minimum Gasteiger partial charge on any atom is -0.495 e. The smallest absolute Gasteiger partial charge is 0.332 e. The van der Waals surface area contributed by atoms with E-state index in [-0.39, 0.29) is 12.3 Å². The Kier molecular flexibility index (Phi) is 5.40. The van der Waals surface area contributed by atoms with Gasteiger partial charge in [-0.15, -0.1) is 0 Å². The van der Waals surface area contributed by atoms with E-state index in [1.807, 2.05) is 0 Å². The van der Waals surface area contributed by atoms with Crippen LogP contribution < -0.4 is 10.1 Å². The van der Waals surface area contributed by atoms with Crippen molar-refractivity contribution in [1.29, 1.82) is 0 Å². The number of amides is 2. The van der Waals surface area contributed by atoms with Crippen LogP contribution in [-0.4, -0.2) is 61.2 Å². The Morgan fingerprint density at radius 2 is 1.92 bits per heavy atom. The summed E-state index contributed by atoms with van der Waals surface area (Å²) in [6.45, 7) is 0. The molecule has 2 rings (SSSR count). The van der Waals surface area contributed by atoms with Crippen LogP contribution in [0.2, 0.25) is 0 Å². The average Bonchev–Trinajstić information content (AvgIpc) is 3.04. The molecule has 1 aromatic rings. The molecule has 0 unspecified atom stereocenters. The van der Waals surface area contributed by atoms with Crippen LogP contribution in [0.5, 0.6) is 5.75 Å². The Morgan fingerprint density at radius 1 is 1.25 bits per heavy atom. The zero-order valence-corrected chi connectivity index (χ0v) is 13.7. The number of rotatable bonds is 5. The summed E-state index contributed by atoms with van der Waals surface area (Å²) < 4.78 is 10.4. The first-order chi connectivity index (χ1) is 11.3. The molecule has 0 saturated carbocycles. The standard InChI is InChI=1S/C16H20N2O6/c1-18(2)15(20)9-4-5-11(23-3)10(8-9)17-14(19)12-6-7-13(24-12)16(21)22/h4-5,8,12-13H,6-7H2,1-3H3,(H,17,19)(H,21,22)/t12-,13+/m0/s1. The number of carboxylic acids is 1. The van der Waals surface area contributed by atoms with E-state index in [0.717, 1.165) is 0 Å². The molecule has 0 aliphatic carbocycles. The number of anilines is 1. The van der Waals surface area contributed by atoms with Crippen LogP contribution in [-0.2, 0) is 14.3 Å². The number of carbonyl (C=O) groups excluding carboxylic acids is 2. The van der Waals surface area contributed by atoms with Gasteiger partial charge in [0.1, 0.15) is 11.9 Å². The first-order valence-electron chi connectivity index (χ1n) is 7.42. The second kappa shape index (κ2) is 7.31. The lowest BCUT2D eigenvalue weighted by Gasteiger charge is -2.16. The monoisotopic (exact) mass is 336 g/mol. The van der Waals surface area contributed by atoms with Gasteiger partial charge in [-0.2, -0.15) is 0 Å². The number of nitrogens with one attached hydrogen (secondary N) is 1. The van der Waals surface area contributed by atoms with E-state index in [9.17, 15) is 14.4 Å². The molecule has 1 heterocycles. The SMILES string of the molecule is COc1ccc(C(=O)N(C)C)cc1NC(=O)[C@@H]1CC[C@H](C(=O)O)O1. The van der Waals surface area contributed by atoms with Crippen molar-refractivity contribution >= 4 is 23.5 Å². The van der Waals surface area contributed by atoms with Crippen LogP contribution in [0.1, 0.15) is 23.2 Å². The Balaban J connectivity index is 2.16. The molecule has 8 nitrogen and oxygen atoms in total. The van der Waals surface area contributed by atoms with Gasteiger partial charge in [-0.25, -0.2) is 4.79 Å². The highest BCUT2D eigenvalue weighted by Gasteiger charge is 2.35. The number of carbonyl (C=O) groups is 3. The van der Waals surface area contributed by atoms with Gasteiger partial charge >= 0.3 is 5.97 Å². The molecule has 1 aromatic carbocycles. The summed E-state index contributed by atoms with van der Waals surface area (Å²) in [5.41, 5.74) is 0.726. The Morgan fingerprint density at radius 3 is 2.46 bits per heavy atom. The molecule has 130 valence electrons. The fourth-order valence-corrected chi connectivity index (χ4v) is 2.42. The number of hydrogen-bond donors (Lipinski definition) is 2. The maximum absolute atomic E-state index is 12.3. The van der Waals surface area contributed by atoms with Gasteiger partial charge in [0, 0.05) is 19.7 Å². The number of nitrogens with zero attached hydrogens (tertiary/aromatic N) is 1. The quantitative estimate of drug-likeness (QED) is 0.830. The predicted octanol–water partition coefficient (Wildman–Crippen LogP) is 0.968. The van der Waals surface area contributed by atoms with E-state index in [1.165, 1.54) is 18.1 Å². The summed E-state index contributed by atoms with van der Waals surface area (Å²) >= 11 is 0. The molecule has 1 aliphatic rings. The van der Waals surface area contributed by atoms with Gasteiger partial charge < -0.3 is 24.8 Å². The second-order valence-corrected chi connectivity index (χ2v) is 5.63. The van der Waals surface area contributed by atoms with Crippen molar-refractivity contribution in [2.75, 3.05) is 26.5 Å². The minimum absolute atomic E-state index is 0.212.